The molecule has 0 aromatic rings. The number of carboxylic acid groups (broad SMARTS) is 1. The van der Waals surface area contributed by atoms with Crippen molar-refractivity contribution in [2.45, 2.75) is 52.6 Å². The highest BCUT2D eigenvalue weighted by Crippen LogP contribution is 2.25. The van der Waals surface area contributed by atoms with Gasteiger partial charge in [0.15, 0.2) is 0 Å². The number of carbonyl (C=O) groups is 2. The van der Waals surface area contributed by atoms with Crippen molar-refractivity contribution >= 4 is 12.1 Å². The molecular weight excluding hydrogens is 246 g/mol. The number of aliphatic carboxylic acids is 1. The van der Waals surface area contributed by atoms with Gasteiger partial charge in [0.1, 0.15) is 5.60 Å². The maximum absolute atomic E-state index is 11.9. The molecule has 0 aromatic carbocycles. The van der Waals surface area contributed by atoms with Gasteiger partial charge >= 0.3 is 12.1 Å². The van der Waals surface area contributed by atoms with Crippen LogP contribution in [0.4, 0.5) is 4.79 Å². The molecule has 0 saturated carbocycles. The topological polar surface area (TPSA) is 66.8 Å². The summed E-state index contributed by atoms with van der Waals surface area (Å²) in [6.45, 7) is 8.62. The van der Waals surface area contributed by atoms with Gasteiger partial charge in [-0.2, -0.15) is 0 Å². The molecule has 0 radical (unpaired) electrons. The van der Waals surface area contributed by atoms with E-state index in [1.807, 2.05) is 20.8 Å². The van der Waals surface area contributed by atoms with Gasteiger partial charge < -0.3 is 14.7 Å². The van der Waals surface area contributed by atoms with Gasteiger partial charge in [-0.1, -0.05) is 6.92 Å². The Morgan fingerprint density at radius 1 is 1.32 bits per heavy atom. The normalized spacial score (nSPS) is 19.1. The molecule has 1 fully saturated rings. The van der Waals surface area contributed by atoms with Gasteiger partial charge in [0.25, 0.3) is 0 Å². The Morgan fingerprint density at radius 2 is 1.84 bits per heavy atom. The van der Waals surface area contributed by atoms with E-state index in [1.165, 1.54) is 0 Å². The maximum atomic E-state index is 11.9. The third kappa shape index (κ3) is 5.49. The molecule has 0 spiro atoms. The molecule has 5 nitrogen and oxygen atoms in total. The standard InChI is InChI=1S/C14H25NO4/c1-10(12(16)17)9-11-5-7-15(8-6-11)13(18)19-14(2,3)4/h10-11H,5-9H2,1-4H3,(H,16,17)/t10-/m1/s1. The second kappa shape index (κ2) is 6.26. The number of nitrogens with zero attached hydrogens (tertiary/aromatic N) is 1. The lowest BCUT2D eigenvalue weighted by Crippen LogP contribution is -2.42. The first-order chi connectivity index (χ1) is 8.69. The number of likely N-dealkylation sites (tertiary alicyclic amines) is 1. The van der Waals surface area contributed by atoms with E-state index >= 15 is 0 Å². The van der Waals surface area contributed by atoms with E-state index in [9.17, 15) is 9.59 Å². The molecule has 1 aliphatic rings. The third-order valence-corrected chi connectivity index (χ3v) is 3.37. The third-order valence-electron chi connectivity index (χ3n) is 3.37. The smallest absolute Gasteiger partial charge is 0.410 e. The second-order valence-corrected chi connectivity index (χ2v) is 6.39. The Hall–Kier alpha value is -1.26. The molecule has 0 aromatic heterocycles. The predicted octanol–water partition coefficient (Wildman–Crippen LogP) is 2.74. The van der Waals surface area contributed by atoms with Crippen LogP contribution in [-0.4, -0.2) is 40.8 Å². The maximum Gasteiger partial charge on any atom is 0.410 e. The molecule has 19 heavy (non-hydrogen) atoms. The Bertz CT molecular complexity index is 327. The number of hydrogen-bond acceptors (Lipinski definition) is 3. The largest absolute Gasteiger partial charge is 0.481 e. The van der Waals surface area contributed by atoms with Crippen molar-refractivity contribution in [2.24, 2.45) is 11.8 Å². The van der Waals surface area contributed by atoms with Crippen LogP contribution in [0.1, 0.15) is 47.0 Å². The van der Waals surface area contributed by atoms with Crippen molar-refractivity contribution in [3.05, 3.63) is 0 Å². The number of carboxylic acids is 1. The van der Waals surface area contributed by atoms with Gasteiger partial charge in [-0.25, -0.2) is 4.79 Å². The van der Waals surface area contributed by atoms with Gasteiger partial charge in [0.2, 0.25) is 0 Å². The lowest BCUT2D eigenvalue weighted by Gasteiger charge is -2.33. The van der Waals surface area contributed by atoms with Crippen LogP contribution in [0.15, 0.2) is 0 Å². The van der Waals surface area contributed by atoms with Crippen molar-refractivity contribution in [2.75, 3.05) is 13.1 Å². The minimum Gasteiger partial charge on any atom is -0.481 e. The Morgan fingerprint density at radius 3 is 2.26 bits per heavy atom. The number of carbonyl (C=O) groups excluding carboxylic acids is 1. The van der Waals surface area contributed by atoms with Crippen molar-refractivity contribution in [3.8, 4) is 0 Å². The van der Waals surface area contributed by atoms with Crippen molar-refractivity contribution < 1.29 is 19.4 Å². The summed E-state index contributed by atoms with van der Waals surface area (Å²) in [4.78, 5) is 24.4. The Balaban J connectivity index is 2.36. The van der Waals surface area contributed by atoms with E-state index in [0.29, 0.717) is 25.4 Å². The van der Waals surface area contributed by atoms with E-state index in [2.05, 4.69) is 0 Å². The molecule has 1 rings (SSSR count). The SMILES string of the molecule is C[C@H](CC1CCN(C(=O)OC(C)(C)C)CC1)C(=O)O. The number of piperidine rings is 1. The monoisotopic (exact) mass is 271 g/mol. The highest BCUT2D eigenvalue weighted by atomic mass is 16.6. The van der Waals surface area contributed by atoms with Crippen LogP contribution < -0.4 is 0 Å². The summed E-state index contributed by atoms with van der Waals surface area (Å²) in [5.41, 5.74) is -0.467. The summed E-state index contributed by atoms with van der Waals surface area (Å²) >= 11 is 0. The molecule has 0 aliphatic carbocycles. The van der Waals surface area contributed by atoms with Gasteiger partial charge in [-0.3, -0.25) is 4.79 Å². The molecule has 1 amide bonds. The summed E-state index contributed by atoms with van der Waals surface area (Å²) < 4.78 is 5.32. The zero-order chi connectivity index (χ0) is 14.6. The van der Waals surface area contributed by atoms with Crippen LogP contribution in [0.25, 0.3) is 0 Å². The van der Waals surface area contributed by atoms with E-state index in [0.717, 1.165) is 12.8 Å². The average molecular weight is 271 g/mol. The predicted molar refractivity (Wildman–Crippen MR) is 71.9 cm³/mol. The summed E-state index contributed by atoms with van der Waals surface area (Å²) in [5, 5.41) is 8.90. The number of ether oxygens (including phenoxy) is 1. The first kappa shape index (κ1) is 15.8. The molecule has 1 atom stereocenters. The fourth-order valence-electron chi connectivity index (χ4n) is 2.28. The fourth-order valence-corrected chi connectivity index (χ4v) is 2.28. The molecule has 1 aliphatic heterocycles. The van der Waals surface area contributed by atoms with Crippen molar-refractivity contribution in [1.82, 2.24) is 4.90 Å². The minimum absolute atomic E-state index is 0.266. The molecule has 1 heterocycles. The highest BCUT2D eigenvalue weighted by Gasteiger charge is 2.28. The fraction of sp³-hybridized carbons (Fsp3) is 0.857. The molecular formula is C14H25NO4. The number of rotatable bonds is 3. The molecule has 5 heteroatoms. The van der Waals surface area contributed by atoms with Crippen LogP contribution in [0.2, 0.25) is 0 Å². The summed E-state index contributed by atoms with van der Waals surface area (Å²) in [7, 11) is 0. The average Bonchev–Trinajstić information content (AvgIpc) is 2.27. The van der Waals surface area contributed by atoms with Crippen molar-refractivity contribution in [1.29, 1.82) is 0 Å². The molecule has 0 unspecified atom stereocenters. The second-order valence-electron chi connectivity index (χ2n) is 6.39. The zero-order valence-electron chi connectivity index (χ0n) is 12.3. The van der Waals surface area contributed by atoms with Gasteiger partial charge in [-0.15, -0.1) is 0 Å². The first-order valence-corrected chi connectivity index (χ1v) is 6.90. The minimum atomic E-state index is -0.741. The van der Waals surface area contributed by atoms with Crippen LogP contribution in [0.3, 0.4) is 0 Å². The van der Waals surface area contributed by atoms with E-state index in [4.69, 9.17) is 9.84 Å². The zero-order valence-corrected chi connectivity index (χ0v) is 12.3. The summed E-state index contributed by atoms with van der Waals surface area (Å²) in [6.07, 6.45) is 2.14. The lowest BCUT2D eigenvalue weighted by molar-refractivity contribution is -0.141. The van der Waals surface area contributed by atoms with Gasteiger partial charge in [-0.05, 0) is 46.0 Å². The van der Waals surface area contributed by atoms with E-state index in [-0.39, 0.29) is 12.0 Å². The molecule has 1 saturated heterocycles. The van der Waals surface area contributed by atoms with Crippen LogP contribution in [0.5, 0.6) is 0 Å². The first-order valence-electron chi connectivity index (χ1n) is 6.90. The summed E-state index contributed by atoms with van der Waals surface area (Å²) in [6, 6.07) is 0. The molecule has 1 N–H and O–H groups in total. The van der Waals surface area contributed by atoms with Crippen molar-refractivity contribution in [3.63, 3.8) is 0 Å². The summed E-state index contributed by atoms with van der Waals surface area (Å²) in [5.74, 6) is -0.655. The molecule has 0 bridgehead atoms. The van der Waals surface area contributed by atoms with Crippen LogP contribution in [-0.2, 0) is 9.53 Å². The van der Waals surface area contributed by atoms with Gasteiger partial charge in [0.05, 0.1) is 5.92 Å². The number of amides is 1. The Labute approximate surface area is 114 Å². The van der Waals surface area contributed by atoms with Gasteiger partial charge in [0, 0.05) is 13.1 Å². The van der Waals surface area contributed by atoms with E-state index < -0.39 is 11.6 Å². The Kier molecular flexibility index (Phi) is 5.20. The van der Waals surface area contributed by atoms with Crippen LogP contribution >= 0.6 is 0 Å². The van der Waals surface area contributed by atoms with E-state index in [1.54, 1.807) is 11.8 Å². The lowest BCUT2D eigenvalue weighted by atomic mass is 9.88. The van der Waals surface area contributed by atoms with Crippen LogP contribution in [0, 0.1) is 11.8 Å². The highest BCUT2D eigenvalue weighted by molar-refractivity contribution is 5.69. The number of hydrogen-bond donors (Lipinski definition) is 1. The quantitative estimate of drug-likeness (QED) is 0.857. The molecule has 110 valence electrons.